The van der Waals surface area contributed by atoms with Gasteiger partial charge in [-0.3, -0.25) is 5.41 Å². The largest absolute Gasteiger partial charge is 0.399 e. The summed E-state index contributed by atoms with van der Waals surface area (Å²) in [7, 11) is 0. The molecule has 0 aliphatic rings. The second-order valence-corrected chi connectivity index (χ2v) is 1.87. The lowest BCUT2D eigenvalue weighted by Gasteiger charge is -1.83. The van der Waals surface area contributed by atoms with Crippen LogP contribution in [-0.4, -0.2) is 5.96 Å². The van der Waals surface area contributed by atoms with Crippen molar-refractivity contribution in [1.82, 2.24) is 0 Å². The first-order valence-electron chi connectivity index (χ1n) is 3.03. The third-order valence-corrected chi connectivity index (χ3v) is 0.800. The monoisotopic (exact) mass is 152 g/mol. The fraction of sp³-hybridized carbons (Fsp3) is 0. The molecular weight excluding hydrogens is 140 g/mol. The maximum Gasteiger partial charge on any atom is 0.183 e. The molecule has 1 rings (SSSR count). The van der Waals surface area contributed by atoms with Crippen molar-refractivity contribution < 1.29 is 0 Å². The average Bonchev–Trinajstić information content (AvgIpc) is 1.87. The van der Waals surface area contributed by atoms with E-state index in [2.05, 4.69) is 11.5 Å². The lowest BCUT2D eigenvalue weighted by molar-refractivity contribution is 1.39. The zero-order valence-electron chi connectivity index (χ0n) is 6.12. The summed E-state index contributed by atoms with van der Waals surface area (Å²) in [5.41, 5.74) is 15.1. The molecule has 0 amide bonds. The van der Waals surface area contributed by atoms with Crippen LogP contribution in [0.4, 0.5) is 5.69 Å². The van der Waals surface area contributed by atoms with Gasteiger partial charge in [0, 0.05) is 5.69 Å². The molecule has 0 radical (unpaired) electrons. The van der Waals surface area contributed by atoms with E-state index in [1.165, 1.54) is 0 Å². The maximum absolute atomic E-state index is 6.06. The SMILES string of the molecule is N=C(N)N.Nc1ccccc1. The highest BCUT2D eigenvalue weighted by atomic mass is 14.9. The number of nitrogens with two attached hydrogens (primary N) is 3. The van der Waals surface area contributed by atoms with Crippen molar-refractivity contribution in [2.75, 3.05) is 5.73 Å². The minimum absolute atomic E-state index is 0.333. The van der Waals surface area contributed by atoms with Crippen LogP contribution in [0.3, 0.4) is 0 Å². The topological polar surface area (TPSA) is 102 Å². The van der Waals surface area contributed by atoms with Crippen LogP contribution in [0.15, 0.2) is 30.3 Å². The molecule has 0 saturated carbocycles. The summed E-state index contributed by atoms with van der Waals surface area (Å²) in [6, 6.07) is 9.49. The van der Waals surface area contributed by atoms with Gasteiger partial charge in [-0.25, -0.2) is 0 Å². The molecule has 60 valence electrons. The second-order valence-electron chi connectivity index (χ2n) is 1.87. The smallest absolute Gasteiger partial charge is 0.183 e. The Bertz CT molecular complexity index is 203. The molecule has 4 heteroatoms. The zero-order valence-corrected chi connectivity index (χ0v) is 6.12. The van der Waals surface area contributed by atoms with Gasteiger partial charge in [-0.2, -0.15) is 0 Å². The molecule has 0 spiro atoms. The number of hydrogen-bond acceptors (Lipinski definition) is 2. The molecule has 0 aliphatic heterocycles. The van der Waals surface area contributed by atoms with E-state index in [1.807, 2.05) is 30.3 Å². The third-order valence-electron chi connectivity index (χ3n) is 0.800. The van der Waals surface area contributed by atoms with E-state index < -0.39 is 0 Å². The van der Waals surface area contributed by atoms with Gasteiger partial charge in [0.1, 0.15) is 0 Å². The average molecular weight is 152 g/mol. The summed E-state index contributed by atoms with van der Waals surface area (Å²) in [6.07, 6.45) is 0. The van der Waals surface area contributed by atoms with Crippen molar-refractivity contribution in [1.29, 1.82) is 5.41 Å². The Morgan fingerprint density at radius 2 is 1.45 bits per heavy atom. The number of nitrogens with one attached hydrogen (secondary N) is 1. The molecule has 0 heterocycles. The zero-order chi connectivity index (χ0) is 8.69. The predicted octanol–water partition coefficient (Wildman–Crippen LogP) is 0.107. The van der Waals surface area contributed by atoms with Crippen LogP contribution in [0.2, 0.25) is 0 Å². The Morgan fingerprint density at radius 3 is 1.64 bits per heavy atom. The van der Waals surface area contributed by atoms with Crippen LogP contribution < -0.4 is 17.2 Å². The molecule has 1 aromatic rings. The molecule has 0 aromatic heterocycles. The van der Waals surface area contributed by atoms with Gasteiger partial charge in [-0.1, -0.05) is 18.2 Å². The van der Waals surface area contributed by atoms with Crippen LogP contribution in [0.25, 0.3) is 0 Å². The number of nitrogen functional groups attached to an aromatic ring is 1. The van der Waals surface area contributed by atoms with E-state index in [1.54, 1.807) is 0 Å². The molecule has 0 unspecified atom stereocenters. The number of para-hydroxylation sites is 1. The quantitative estimate of drug-likeness (QED) is 0.241. The van der Waals surface area contributed by atoms with Gasteiger partial charge in [0.05, 0.1) is 0 Å². The van der Waals surface area contributed by atoms with Crippen molar-refractivity contribution in [3.63, 3.8) is 0 Å². The van der Waals surface area contributed by atoms with Crippen molar-refractivity contribution >= 4 is 11.6 Å². The van der Waals surface area contributed by atoms with Gasteiger partial charge in [-0.15, -0.1) is 0 Å². The fourth-order valence-corrected chi connectivity index (χ4v) is 0.453. The van der Waals surface area contributed by atoms with Crippen LogP contribution in [0.1, 0.15) is 0 Å². The molecule has 0 fully saturated rings. The highest BCUT2D eigenvalue weighted by Gasteiger charge is 1.72. The maximum atomic E-state index is 6.06. The van der Waals surface area contributed by atoms with Gasteiger partial charge in [0.15, 0.2) is 5.96 Å². The summed E-state index contributed by atoms with van der Waals surface area (Å²) in [5, 5.41) is 6.06. The van der Waals surface area contributed by atoms with E-state index >= 15 is 0 Å². The van der Waals surface area contributed by atoms with Gasteiger partial charge in [-0.05, 0) is 12.1 Å². The van der Waals surface area contributed by atoms with Crippen LogP contribution >= 0.6 is 0 Å². The standard InChI is InChI=1S/C6H7N.CH5N3/c7-6-4-2-1-3-5-6;2-1(3)4/h1-5H,7H2;(H5,2,3,4). The number of benzene rings is 1. The molecule has 4 nitrogen and oxygen atoms in total. The van der Waals surface area contributed by atoms with Gasteiger partial charge < -0.3 is 17.2 Å². The molecule has 11 heavy (non-hydrogen) atoms. The van der Waals surface area contributed by atoms with E-state index in [0.717, 1.165) is 5.69 Å². The van der Waals surface area contributed by atoms with Gasteiger partial charge >= 0.3 is 0 Å². The first-order chi connectivity index (χ1) is 5.13. The molecule has 0 bridgehead atoms. The normalized spacial score (nSPS) is 7.64. The summed E-state index contributed by atoms with van der Waals surface area (Å²) in [6.45, 7) is 0. The van der Waals surface area contributed by atoms with Crippen LogP contribution in [0, 0.1) is 5.41 Å². The van der Waals surface area contributed by atoms with Crippen molar-refractivity contribution in [2.24, 2.45) is 11.5 Å². The lowest BCUT2D eigenvalue weighted by atomic mass is 10.3. The highest BCUT2D eigenvalue weighted by molar-refractivity contribution is 5.71. The van der Waals surface area contributed by atoms with Gasteiger partial charge in [0.25, 0.3) is 0 Å². The van der Waals surface area contributed by atoms with Crippen molar-refractivity contribution in [3.8, 4) is 0 Å². The Hall–Kier alpha value is -1.71. The van der Waals surface area contributed by atoms with E-state index in [-0.39, 0.29) is 5.96 Å². The Balaban J connectivity index is 0.000000218. The molecule has 0 atom stereocenters. The second kappa shape index (κ2) is 5.10. The Labute approximate surface area is 65.5 Å². The fourth-order valence-electron chi connectivity index (χ4n) is 0.453. The van der Waals surface area contributed by atoms with E-state index in [0.29, 0.717) is 0 Å². The van der Waals surface area contributed by atoms with Crippen LogP contribution in [-0.2, 0) is 0 Å². The number of anilines is 1. The van der Waals surface area contributed by atoms with Crippen molar-refractivity contribution in [3.05, 3.63) is 30.3 Å². The minimum Gasteiger partial charge on any atom is -0.399 e. The summed E-state index contributed by atoms with van der Waals surface area (Å²) in [4.78, 5) is 0. The van der Waals surface area contributed by atoms with Crippen molar-refractivity contribution in [2.45, 2.75) is 0 Å². The number of guanidine groups is 1. The summed E-state index contributed by atoms with van der Waals surface area (Å²) in [5.74, 6) is -0.333. The van der Waals surface area contributed by atoms with E-state index in [4.69, 9.17) is 11.1 Å². The van der Waals surface area contributed by atoms with E-state index in [9.17, 15) is 0 Å². The Morgan fingerprint density at radius 1 is 1.09 bits per heavy atom. The number of hydrogen-bond donors (Lipinski definition) is 4. The predicted molar refractivity (Wildman–Crippen MR) is 47.0 cm³/mol. The highest BCUT2D eigenvalue weighted by Crippen LogP contribution is 1.95. The van der Waals surface area contributed by atoms with Crippen LogP contribution in [0.5, 0.6) is 0 Å². The minimum atomic E-state index is -0.333. The molecule has 7 N–H and O–H groups in total. The first-order valence-corrected chi connectivity index (χ1v) is 3.03. The lowest BCUT2D eigenvalue weighted by Crippen LogP contribution is -2.20. The third kappa shape index (κ3) is 8.29. The van der Waals surface area contributed by atoms with Gasteiger partial charge in [0.2, 0.25) is 0 Å². The first kappa shape index (κ1) is 9.29. The number of rotatable bonds is 0. The molecule has 1 aromatic carbocycles. The molecular formula is C7H12N4. The Kier molecular flexibility index (Phi) is 4.31. The molecule has 0 saturated heterocycles. The summed E-state index contributed by atoms with van der Waals surface area (Å²) < 4.78 is 0. The summed E-state index contributed by atoms with van der Waals surface area (Å²) >= 11 is 0. The molecule has 0 aliphatic carbocycles.